The average Bonchev–Trinajstić information content (AvgIpc) is 2.99. The Labute approximate surface area is 137 Å². The molecule has 0 aliphatic carbocycles. The number of likely N-dealkylation sites (tertiary alicyclic amines) is 1. The monoisotopic (exact) mass is 332 g/mol. The number of pyridine rings is 1. The van der Waals surface area contributed by atoms with Crippen molar-refractivity contribution in [1.29, 1.82) is 0 Å². The minimum Gasteiger partial charge on any atom is -0.497 e. The van der Waals surface area contributed by atoms with Crippen LogP contribution in [-0.2, 0) is 4.79 Å². The number of hydrogen-bond donors (Lipinski definition) is 2. The molecule has 8 heteroatoms. The van der Waals surface area contributed by atoms with E-state index in [2.05, 4.69) is 4.98 Å². The first kappa shape index (κ1) is 15.9. The van der Waals surface area contributed by atoms with E-state index < -0.39 is 24.2 Å². The number of benzene rings is 1. The van der Waals surface area contributed by atoms with Gasteiger partial charge in [-0.2, -0.15) is 0 Å². The number of fused-ring (bicyclic) bond motifs is 1. The molecule has 3 rings (SSSR count). The van der Waals surface area contributed by atoms with Crippen LogP contribution in [-0.4, -0.2) is 58.0 Å². The molecule has 1 amide bonds. The van der Waals surface area contributed by atoms with Gasteiger partial charge >= 0.3 is 12.1 Å². The number of carboxylic acids is 1. The highest BCUT2D eigenvalue weighted by atomic mass is 16.5. The number of methoxy groups -OCH3 is 1. The summed E-state index contributed by atoms with van der Waals surface area (Å²) < 4.78 is 11.0. The Kier molecular flexibility index (Phi) is 4.11. The maximum absolute atomic E-state index is 11.2. The van der Waals surface area contributed by atoms with E-state index in [1.807, 2.05) is 12.1 Å². The van der Waals surface area contributed by atoms with Crippen LogP contribution in [0.25, 0.3) is 10.8 Å². The van der Waals surface area contributed by atoms with E-state index in [4.69, 9.17) is 19.7 Å². The number of aromatic nitrogens is 1. The second kappa shape index (κ2) is 6.23. The topological polar surface area (TPSA) is 109 Å². The highest BCUT2D eigenvalue weighted by Gasteiger charge is 2.41. The van der Waals surface area contributed by atoms with Gasteiger partial charge in [0, 0.05) is 18.0 Å². The lowest BCUT2D eigenvalue weighted by Gasteiger charge is -2.16. The summed E-state index contributed by atoms with van der Waals surface area (Å²) in [5, 5.41) is 19.9. The van der Waals surface area contributed by atoms with Crippen LogP contribution < -0.4 is 9.47 Å². The number of ether oxygens (including phenoxy) is 2. The number of amides is 1. The minimum atomic E-state index is -1.27. The van der Waals surface area contributed by atoms with Crippen LogP contribution in [0.5, 0.6) is 11.6 Å². The molecule has 2 heterocycles. The molecule has 1 saturated heterocycles. The van der Waals surface area contributed by atoms with Gasteiger partial charge in [0.05, 0.1) is 13.7 Å². The summed E-state index contributed by atoms with van der Waals surface area (Å²) in [6.07, 6.45) is -0.183. The summed E-state index contributed by atoms with van der Waals surface area (Å²) in [6, 6.07) is 6.11. The molecule has 126 valence electrons. The molecule has 1 aliphatic rings. The molecule has 0 radical (unpaired) electrons. The van der Waals surface area contributed by atoms with E-state index >= 15 is 0 Å². The average molecular weight is 332 g/mol. The van der Waals surface area contributed by atoms with Crippen molar-refractivity contribution < 1.29 is 29.3 Å². The van der Waals surface area contributed by atoms with Crippen molar-refractivity contribution >= 4 is 22.8 Å². The van der Waals surface area contributed by atoms with E-state index in [0.717, 1.165) is 15.7 Å². The molecule has 2 aromatic rings. The Bertz CT molecular complexity index is 771. The molecule has 1 fully saturated rings. The number of carboxylic acid groups (broad SMARTS) is 2. The van der Waals surface area contributed by atoms with E-state index in [9.17, 15) is 9.59 Å². The maximum atomic E-state index is 11.2. The lowest BCUT2D eigenvalue weighted by molar-refractivity contribution is -0.141. The van der Waals surface area contributed by atoms with Crippen molar-refractivity contribution in [3.8, 4) is 11.6 Å². The molecule has 1 aromatic heterocycles. The third-order valence-electron chi connectivity index (χ3n) is 4.01. The fourth-order valence-corrected chi connectivity index (χ4v) is 2.84. The molecule has 2 atom stereocenters. The predicted octanol–water partition coefficient (Wildman–Crippen LogP) is 1.83. The molecular weight excluding hydrogens is 316 g/mol. The largest absolute Gasteiger partial charge is 0.497 e. The summed E-state index contributed by atoms with van der Waals surface area (Å²) in [7, 11) is 1.57. The van der Waals surface area contributed by atoms with Gasteiger partial charge in [-0.3, -0.25) is 4.90 Å². The first-order valence-corrected chi connectivity index (χ1v) is 7.31. The SMILES string of the molecule is COc1ccc2c(O[C@@H]3C[C@@H](C(=O)O)N(C(=O)O)C3)nccc2c1. The van der Waals surface area contributed by atoms with Gasteiger partial charge < -0.3 is 19.7 Å². The molecule has 0 unspecified atom stereocenters. The molecule has 0 bridgehead atoms. The van der Waals surface area contributed by atoms with Crippen LogP contribution >= 0.6 is 0 Å². The first-order chi connectivity index (χ1) is 11.5. The summed E-state index contributed by atoms with van der Waals surface area (Å²) in [5.41, 5.74) is 0. The molecule has 24 heavy (non-hydrogen) atoms. The Morgan fingerprint density at radius 1 is 1.29 bits per heavy atom. The first-order valence-electron chi connectivity index (χ1n) is 7.31. The van der Waals surface area contributed by atoms with Gasteiger partial charge in [0.1, 0.15) is 17.9 Å². The van der Waals surface area contributed by atoms with Gasteiger partial charge in [0.2, 0.25) is 5.88 Å². The smallest absolute Gasteiger partial charge is 0.408 e. The van der Waals surface area contributed by atoms with Crippen LogP contribution in [0.15, 0.2) is 30.5 Å². The van der Waals surface area contributed by atoms with Gasteiger partial charge in [-0.05, 0) is 29.7 Å². The zero-order valence-electron chi connectivity index (χ0n) is 12.9. The molecule has 2 N–H and O–H groups in total. The fraction of sp³-hybridized carbons (Fsp3) is 0.312. The van der Waals surface area contributed by atoms with Crippen molar-refractivity contribution in [2.75, 3.05) is 13.7 Å². The van der Waals surface area contributed by atoms with Crippen LogP contribution in [0.4, 0.5) is 4.79 Å². The number of carbonyl (C=O) groups is 2. The Hall–Kier alpha value is -3.03. The van der Waals surface area contributed by atoms with E-state index in [1.165, 1.54) is 0 Å². The third kappa shape index (κ3) is 2.90. The number of hydrogen-bond acceptors (Lipinski definition) is 5. The van der Waals surface area contributed by atoms with Gasteiger partial charge in [-0.1, -0.05) is 0 Å². The van der Waals surface area contributed by atoms with Crippen LogP contribution in [0.3, 0.4) is 0 Å². The van der Waals surface area contributed by atoms with E-state index in [1.54, 1.807) is 25.4 Å². The van der Waals surface area contributed by atoms with Gasteiger partial charge in [0.25, 0.3) is 0 Å². The zero-order valence-corrected chi connectivity index (χ0v) is 12.9. The van der Waals surface area contributed by atoms with Crippen molar-refractivity contribution in [1.82, 2.24) is 9.88 Å². The summed E-state index contributed by atoms with van der Waals surface area (Å²) in [5.74, 6) is -0.140. The third-order valence-corrected chi connectivity index (χ3v) is 4.01. The second-order valence-electron chi connectivity index (χ2n) is 5.47. The standard InChI is InChI=1S/C16H16N2O6/c1-23-10-2-3-12-9(6-10)4-5-17-14(12)24-11-7-13(15(19)20)18(8-11)16(21)22/h2-6,11,13H,7-8H2,1H3,(H,19,20)(H,21,22)/t11-,13+/m1/s1. The number of aliphatic carboxylic acids is 1. The Balaban J connectivity index is 1.85. The van der Waals surface area contributed by atoms with Gasteiger partial charge in [-0.25, -0.2) is 14.6 Å². The minimum absolute atomic E-state index is 0.0134. The molecule has 0 spiro atoms. The quantitative estimate of drug-likeness (QED) is 0.879. The summed E-state index contributed by atoms with van der Waals surface area (Å²) in [4.78, 5) is 27.4. The summed E-state index contributed by atoms with van der Waals surface area (Å²) >= 11 is 0. The highest BCUT2D eigenvalue weighted by Crippen LogP contribution is 2.29. The van der Waals surface area contributed by atoms with E-state index in [0.29, 0.717) is 11.6 Å². The van der Waals surface area contributed by atoms with Crippen LogP contribution in [0, 0.1) is 0 Å². The lowest BCUT2D eigenvalue weighted by Crippen LogP contribution is -2.39. The van der Waals surface area contributed by atoms with Crippen molar-refractivity contribution in [2.45, 2.75) is 18.6 Å². The Morgan fingerprint density at radius 2 is 2.08 bits per heavy atom. The number of rotatable bonds is 4. The highest BCUT2D eigenvalue weighted by molar-refractivity contribution is 5.88. The maximum Gasteiger partial charge on any atom is 0.408 e. The van der Waals surface area contributed by atoms with Crippen molar-refractivity contribution in [3.05, 3.63) is 30.5 Å². The second-order valence-corrected chi connectivity index (χ2v) is 5.47. The number of nitrogens with zero attached hydrogens (tertiary/aromatic N) is 2. The fourth-order valence-electron chi connectivity index (χ4n) is 2.84. The lowest BCUT2D eigenvalue weighted by atomic mass is 10.1. The van der Waals surface area contributed by atoms with Crippen LogP contribution in [0.1, 0.15) is 6.42 Å². The summed E-state index contributed by atoms with van der Waals surface area (Å²) in [6.45, 7) is -0.0134. The molecule has 1 aliphatic heterocycles. The normalized spacial score (nSPS) is 20.1. The Morgan fingerprint density at radius 3 is 2.71 bits per heavy atom. The molecule has 0 saturated carbocycles. The van der Waals surface area contributed by atoms with Crippen molar-refractivity contribution in [2.24, 2.45) is 0 Å². The van der Waals surface area contributed by atoms with Gasteiger partial charge in [-0.15, -0.1) is 0 Å². The molecule has 8 nitrogen and oxygen atoms in total. The zero-order chi connectivity index (χ0) is 17.3. The predicted molar refractivity (Wildman–Crippen MR) is 83.5 cm³/mol. The molecule has 1 aromatic carbocycles. The van der Waals surface area contributed by atoms with Crippen molar-refractivity contribution in [3.63, 3.8) is 0 Å². The molecular formula is C16H16N2O6. The van der Waals surface area contributed by atoms with Gasteiger partial charge in [0.15, 0.2) is 0 Å². The van der Waals surface area contributed by atoms with Crippen LogP contribution in [0.2, 0.25) is 0 Å². The van der Waals surface area contributed by atoms with E-state index in [-0.39, 0.29) is 13.0 Å².